The summed E-state index contributed by atoms with van der Waals surface area (Å²) in [6, 6.07) is 15.4. The van der Waals surface area contributed by atoms with Crippen molar-refractivity contribution in [1.29, 1.82) is 0 Å². The quantitative estimate of drug-likeness (QED) is 0.691. The molecule has 2 aromatic carbocycles. The average molecular weight is 378 g/mol. The summed E-state index contributed by atoms with van der Waals surface area (Å²) in [4.78, 5) is 12.0. The minimum absolute atomic E-state index is 0.203. The van der Waals surface area contributed by atoms with Gasteiger partial charge in [0.15, 0.2) is 11.5 Å². The molecular formula is C21H22N4O3. The van der Waals surface area contributed by atoms with Gasteiger partial charge in [-0.15, -0.1) is 0 Å². The zero-order valence-electron chi connectivity index (χ0n) is 15.4. The topological polar surface area (TPSA) is 77.4 Å². The Morgan fingerprint density at radius 2 is 1.82 bits per heavy atom. The Labute approximate surface area is 163 Å². The number of nitrogens with zero attached hydrogens (tertiary/aromatic N) is 2. The van der Waals surface area contributed by atoms with Gasteiger partial charge >= 0.3 is 6.03 Å². The van der Waals surface area contributed by atoms with Crippen LogP contribution in [-0.2, 0) is 13.0 Å². The first-order chi connectivity index (χ1) is 13.8. The first-order valence-corrected chi connectivity index (χ1v) is 9.27. The first kappa shape index (κ1) is 17.9. The number of ether oxygens (including phenoxy) is 2. The molecule has 2 N–H and O–H groups in total. The summed E-state index contributed by atoms with van der Waals surface area (Å²) in [5, 5.41) is 10.1. The highest BCUT2D eigenvalue weighted by atomic mass is 16.6. The van der Waals surface area contributed by atoms with Crippen LogP contribution in [0.3, 0.4) is 0 Å². The molecule has 1 aromatic heterocycles. The van der Waals surface area contributed by atoms with Crippen molar-refractivity contribution in [1.82, 2.24) is 20.4 Å². The molecule has 7 heteroatoms. The Bertz CT molecular complexity index is 940. The number of rotatable bonds is 6. The van der Waals surface area contributed by atoms with Gasteiger partial charge < -0.3 is 20.1 Å². The van der Waals surface area contributed by atoms with E-state index in [1.54, 1.807) is 0 Å². The third-order valence-corrected chi connectivity index (χ3v) is 4.42. The van der Waals surface area contributed by atoms with Crippen LogP contribution in [-0.4, -0.2) is 35.6 Å². The van der Waals surface area contributed by atoms with Crippen molar-refractivity contribution in [3.63, 3.8) is 0 Å². The normalized spacial score (nSPS) is 12.4. The highest BCUT2D eigenvalue weighted by Crippen LogP contribution is 2.30. The van der Waals surface area contributed by atoms with Crippen LogP contribution < -0.4 is 20.1 Å². The molecule has 0 saturated heterocycles. The van der Waals surface area contributed by atoms with Gasteiger partial charge in [-0.3, -0.25) is 0 Å². The van der Waals surface area contributed by atoms with Crippen molar-refractivity contribution < 1.29 is 14.3 Å². The molecule has 0 spiro atoms. The lowest BCUT2D eigenvalue weighted by molar-refractivity contribution is 0.171. The van der Waals surface area contributed by atoms with Crippen molar-refractivity contribution in [2.75, 3.05) is 19.8 Å². The molecular weight excluding hydrogens is 356 g/mol. The Morgan fingerprint density at radius 1 is 1.00 bits per heavy atom. The van der Waals surface area contributed by atoms with Gasteiger partial charge in [-0.25, -0.2) is 9.48 Å². The number of fused-ring (bicyclic) bond motifs is 1. The van der Waals surface area contributed by atoms with Gasteiger partial charge in [0.25, 0.3) is 0 Å². The number of amides is 2. The predicted molar refractivity (Wildman–Crippen MR) is 105 cm³/mol. The van der Waals surface area contributed by atoms with Crippen LogP contribution >= 0.6 is 0 Å². The maximum Gasteiger partial charge on any atom is 0.315 e. The van der Waals surface area contributed by atoms with E-state index in [2.05, 4.69) is 15.7 Å². The van der Waals surface area contributed by atoms with Gasteiger partial charge in [-0.05, 0) is 41.8 Å². The standard InChI is InChI=1S/C21H22N4O3/c26-21(23-13-16-6-7-19-20(12-16)28-11-10-27-19)22-9-8-17-14-24-25(15-17)18-4-2-1-3-5-18/h1-7,12,14-15H,8-11,13H2,(H2,22,23,26). The molecule has 28 heavy (non-hydrogen) atoms. The van der Waals surface area contributed by atoms with Crippen molar-refractivity contribution in [3.05, 3.63) is 72.1 Å². The molecule has 0 unspecified atom stereocenters. The molecule has 0 fully saturated rings. The van der Waals surface area contributed by atoms with E-state index in [0.717, 1.165) is 28.3 Å². The zero-order valence-corrected chi connectivity index (χ0v) is 15.4. The molecule has 0 radical (unpaired) electrons. The summed E-state index contributed by atoms with van der Waals surface area (Å²) < 4.78 is 12.9. The Morgan fingerprint density at radius 3 is 2.68 bits per heavy atom. The highest BCUT2D eigenvalue weighted by Gasteiger charge is 2.12. The van der Waals surface area contributed by atoms with E-state index in [-0.39, 0.29) is 6.03 Å². The minimum atomic E-state index is -0.203. The Balaban J connectivity index is 1.21. The molecule has 2 amide bonds. The molecule has 7 nitrogen and oxygen atoms in total. The fourth-order valence-electron chi connectivity index (χ4n) is 2.97. The van der Waals surface area contributed by atoms with Crippen molar-refractivity contribution >= 4 is 6.03 Å². The van der Waals surface area contributed by atoms with Crippen molar-refractivity contribution in [3.8, 4) is 17.2 Å². The lowest BCUT2D eigenvalue weighted by Gasteiger charge is -2.19. The van der Waals surface area contributed by atoms with Crippen molar-refractivity contribution in [2.24, 2.45) is 0 Å². The minimum Gasteiger partial charge on any atom is -0.486 e. The number of carbonyl (C=O) groups is 1. The second-order valence-corrected chi connectivity index (χ2v) is 6.47. The van der Waals surface area contributed by atoms with E-state index < -0.39 is 0 Å². The molecule has 1 aliphatic rings. The zero-order chi connectivity index (χ0) is 19.2. The van der Waals surface area contributed by atoms with Crippen LogP contribution in [0.15, 0.2) is 60.9 Å². The summed E-state index contributed by atoms with van der Waals surface area (Å²) in [7, 11) is 0. The smallest absolute Gasteiger partial charge is 0.315 e. The van der Waals surface area contributed by atoms with E-state index in [4.69, 9.17) is 9.47 Å². The molecule has 2 heterocycles. The fourth-order valence-corrected chi connectivity index (χ4v) is 2.97. The van der Waals surface area contributed by atoms with Crippen LogP contribution in [0.5, 0.6) is 11.5 Å². The third-order valence-electron chi connectivity index (χ3n) is 4.42. The summed E-state index contributed by atoms with van der Waals surface area (Å²) >= 11 is 0. The van der Waals surface area contributed by atoms with Gasteiger partial charge in [0.05, 0.1) is 11.9 Å². The number of hydrogen-bond donors (Lipinski definition) is 2. The SMILES string of the molecule is O=C(NCCc1cnn(-c2ccccc2)c1)NCc1ccc2c(c1)OCCO2. The molecule has 1 aliphatic heterocycles. The molecule has 0 saturated carbocycles. The van der Waals surface area contributed by atoms with E-state index in [0.29, 0.717) is 32.7 Å². The molecule has 0 bridgehead atoms. The lowest BCUT2D eigenvalue weighted by Crippen LogP contribution is -2.36. The largest absolute Gasteiger partial charge is 0.486 e. The summed E-state index contributed by atoms with van der Waals surface area (Å²) in [5.74, 6) is 1.47. The van der Waals surface area contributed by atoms with Gasteiger partial charge in [0.1, 0.15) is 13.2 Å². The monoisotopic (exact) mass is 378 g/mol. The van der Waals surface area contributed by atoms with Gasteiger partial charge in [0.2, 0.25) is 0 Å². The number of hydrogen-bond acceptors (Lipinski definition) is 4. The number of aromatic nitrogens is 2. The number of para-hydroxylation sites is 1. The lowest BCUT2D eigenvalue weighted by atomic mass is 10.2. The first-order valence-electron chi connectivity index (χ1n) is 9.27. The summed E-state index contributed by atoms with van der Waals surface area (Å²) in [6.07, 6.45) is 4.51. The van der Waals surface area contributed by atoms with Crippen LogP contribution in [0, 0.1) is 0 Å². The molecule has 144 valence electrons. The Kier molecular flexibility index (Phi) is 5.42. The fraction of sp³-hybridized carbons (Fsp3) is 0.238. The van der Waals surface area contributed by atoms with Crippen LogP contribution in [0.25, 0.3) is 5.69 Å². The second-order valence-electron chi connectivity index (χ2n) is 6.47. The van der Waals surface area contributed by atoms with Gasteiger partial charge in [-0.2, -0.15) is 5.10 Å². The average Bonchev–Trinajstić information content (AvgIpc) is 3.22. The molecule has 3 aromatic rings. The van der Waals surface area contributed by atoms with Gasteiger partial charge in [-0.1, -0.05) is 24.3 Å². The molecule has 0 atom stereocenters. The maximum absolute atomic E-state index is 12.0. The van der Waals surface area contributed by atoms with E-state index in [1.165, 1.54) is 0 Å². The van der Waals surface area contributed by atoms with Gasteiger partial charge in [0, 0.05) is 19.3 Å². The molecule has 4 rings (SSSR count). The van der Waals surface area contributed by atoms with Crippen LogP contribution in [0.1, 0.15) is 11.1 Å². The maximum atomic E-state index is 12.0. The van der Waals surface area contributed by atoms with E-state index >= 15 is 0 Å². The van der Waals surface area contributed by atoms with Crippen LogP contribution in [0.2, 0.25) is 0 Å². The number of carbonyl (C=O) groups excluding carboxylic acids is 1. The van der Waals surface area contributed by atoms with Crippen molar-refractivity contribution in [2.45, 2.75) is 13.0 Å². The number of nitrogens with one attached hydrogen (secondary N) is 2. The van der Waals surface area contributed by atoms with Crippen LogP contribution in [0.4, 0.5) is 4.79 Å². The summed E-state index contributed by atoms with van der Waals surface area (Å²) in [5.41, 5.74) is 3.04. The highest BCUT2D eigenvalue weighted by molar-refractivity contribution is 5.73. The second kappa shape index (κ2) is 8.47. The van der Waals surface area contributed by atoms with E-state index in [9.17, 15) is 4.79 Å². The third kappa shape index (κ3) is 4.43. The summed E-state index contributed by atoms with van der Waals surface area (Å²) in [6.45, 7) is 2.07. The molecule has 0 aliphatic carbocycles. The van der Waals surface area contributed by atoms with E-state index in [1.807, 2.05) is 65.6 Å². The predicted octanol–water partition coefficient (Wildman–Crippen LogP) is 2.69. The number of urea groups is 1. The number of benzene rings is 2. The Hall–Kier alpha value is -3.48.